The maximum Gasteiger partial charge on any atom is 0.283 e. The van der Waals surface area contributed by atoms with Crippen LogP contribution in [0.25, 0.3) is 6.08 Å². The summed E-state index contributed by atoms with van der Waals surface area (Å²) in [6.07, 6.45) is 1.52. The van der Waals surface area contributed by atoms with Crippen LogP contribution in [-0.4, -0.2) is 53.7 Å². The lowest BCUT2D eigenvalue weighted by Crippen LogP contribution is -2.35. The Bertz CT molecular complexity index is 1380. The number of carbonyl (C=O) groups excluding carboxylic acids is 1. The molecule has 2 heterocycles. The molecule has 1 amide bonds. The maximum atomic E-state index is 12.6. The molecule has 0 saturated carbocycles. The molecule has 0 spiro atoms. The zero-order valence-corrected chi connectivity index (χ0v) is 21.7. The SMILES string of the molecule is Cc1ccccc1OCCOc1ccc(/C=C2\C(=N)N3N=C(S(=O)(=O)CC(C)C)SC3=NC2=O)cc1. The van der Waals surface area contributed by atoms with E-state index >= 15 is 0 Å². The van der Waals surface area contributed by atoms with Crippen molar-refractivity contribution in [2.45, 2.75) is 20.8 Å². The van der Waals surface area contributed by atoms with Gasteiger partial charge in [0.05, 0.1) is 11.3 Å². The van der Waals surface area contributed by atoms with Crippen molar-refractivity contribution in [1.82, 2.24) is 5.01 Å². The second-order valence-corrected chi connectivity index (χ2v) is 11.8. The van der Waals surface area contributed by atoms with Gasteiger partial charge in [-0.1, -0.05) is 44.2 Å². The summed E-state index contributed by atoms with van der Waals surface area (Å²) in [5.74, 6) is 0.458. The Kier molecular flexibility index (Phi) is 7.60. The van der Waals surface area contributed by atoms with Gasteiger partial charge in [-0.25, -0.2) is 8.42 Å². The fourth-order valence-corrected chi connectivity index (χ4v) is 6.25. The van der Waals surface area contributed by atoms with Crippen LogP contribution in [0.15, 0.2) is 64.2 Å². The third-order valence-corrected chi connectivity index (χ3v) is 8.58. The highest BCUT2D eigenvalue weighted by Crippen LogP contribution is 2.31. The molecule has 0 aromatic heterocycles. The van der Waals surface area contributed by atoms with Gasteiger partial charge >= 0.3 is 0 Å². The minimum absolute atomic E-state index is 0.0194. The number of amidine groups is 2. The molecule has 9 nitrogen and oxygen atoms in total. The summed E-state index contributed by atoms with van der Waals surface area (Å²) < 4.78 is 36.4. The lowest BCUT2D eigenvalue weighted by molar-refractivity contribution is -0.114. The van der Waals surface area contributed by atoms with Crippen LogP contribution in [0.5, 0.6) is 11.5 Å². The fraction of sp³-hybridized carbons (Fsp3) is 0.280. The molecule has 0 atom stereocenters. The number of rotatable bonds is 8. The van der Waals surface area contributed by atoms with Gasteiger partial charge in [0.25, 0.3) is 5.91 Å². The molecular weight excluding hydrogens is 500 g/mol. The van der Waals surface area contributed by atoms with Crippen LogP contribution in [0.4, 0.5) is 0 Å². The average Bonchev–Trinajstić information content (AvgIpc) is 3.26. The van der Waals surface area contributed by atoms with E-state index in [4.69, 9.17) is 14.9 Å². The molecule has 0 aliphatic carbocycles. The zero-order valence-electron chi connectivity index (χ0n) is 20.1. The van der Waals surface area contributed by atoms with Crippen LogP contribution >= 0.6 is 11.8 Å². The third kappa shape index (κ3) is 5.85. The van der Waals surface area contributed by atoms with Gasteiger partial charge < -0.3 is 9.47 Å². The van der Waals surface area contributed by atoms with Crippen molar-refractivity contribution >= 4 is 49.0 Å². The highest BCUT2D eigenvalue weighted by molar-refractivity contribution is 8.42. The third-order valence-electron chi connectivity index (χ3n) is 5.15. The van der Waals surface area contributed by atoms with Crippen molar-refractivity contribution in [3.05, 3.63) is 65.2 Å². The molecule has 2 aliphatic heterocycles. The van der Waals surface area contributed by atoms with Gasteiger partial charge in [0.2, 0.25) is 19.4 Å². The Labute approximate surface area is 214 Å². The van der Waals surface area contributed by atoms with Crippen LogP contribution in [0.1, 0.15) is 25.0 Å². The molecule has 2 aromatic rings. The monoisotopic (exact) mass is 526 g/mol. The second-order valence-electron chi connectivity index (χ2n) is 8.59. The van der Waals surface area contributed by atoms with Gasteiger partial charge in [0.1, 0.15) is 24.7 Å². The predicted octanol–water partition coefficient (Wildman–Crippen LogP) is 4.10. The summed E-state index contributed by atoms with van der Waals surface area (Å²) >= 11 is 0.792. The number of aliphatic imine (C=N–C) groups is 1. The van der Waals surface area contributed by atoms with E-state index in [2.05, 4.69) is 10.1 Å². The minimum atomic E-state index is -3.63. The number of carbonyl (C=O) groups is 1. The first-order chi connectivity index (χ1) is 17.1. The largest absolute Gasteiger partial charge is 0.490 e. The Morgan fingerprint density at radius 1 is 1.08 bits per heavy atom. The number of hydrazone groups is 1. The topological polar surface area (TPSA) is 121 Å². The molecule has 0 bridgehead atoms. The van der Waals surface area contributed by atoms with E-state index < -0.39 is 15.7 Å². The van der Waals surface area contributed by atoms with Crippen LogP contribution in [0.2, 0.25) is 0 Å². The predicted molar refractivity (Wildman–Crippen MR) is 142 cm³/mol. The van der Waals surface area contributed by atoms with Crippen LogP contribution in [0.3, 0.4) is 0 Å². The molecule has 0 radical (unpaired) electrons. The number of hydrogen-bond acceptors (Lipinski definition) is 8. The molecule has 11 heteroatoms. The Balaban J connectivity index is 1.40. The van der Waals surface area contributed by atoms with E-state index in [0.29, 0.717) is 24.5 Å². The van der Waals surface area contributed by atoms with E-state index in [1.54, 1.807) is 38.1 Å². The number of hydrogen-bond donors (Lipinski definition) is 1. The van der Waals surface area contributed by atoms with Crippen molar-refractivity contribution in [3.8, 4) is 11.5 Å². The number of ether oxygens (including phenoxy) is 2. The van der Waals surface area contributed by atoms with Gasteiger partial charge in [-0.15, -0.1) is 5.10 Å². The zero-order chi connectivity index (χ0) is 25.9. The van der Waals surface area contributed by atoms with E-state index in [1.165, 1.54) is 6.08 Å². The Morgan fingerprint density at radius 3 is 2.47 bits per heavy atom. The number of sulfone groups is 1. The smallest absolute Gasteiger partial charge is 0.283 e. The van der Waals surface area contributed by atoms with E-state index in [1.807, 2.05) is 31.2 Å². The summed E-state index contributed by atoms with van der Waals surface area (Å²) in [6, 6.07) is 14.8. The van der Waals surface area contributed by atoms with E-state index in [-0.39, 0.29) is 32.6 Å². The molecule has 0 fully saturated rings. The molecule has 188 valence electrons. The van der Waals surface area contributed by atoms with Crippen molar-refractivity contribution < 1.29 is 22.7 Å². The summed E-state index contributed by atoms with van der Waals surface area (Å²) in [7, 11) is -3.63. The first-order valence-corrected chi connectivity index (χ1v) is 13.7. The number of nitrogens with one attached hydrogen (secondary N) is 1. The van der Waals surface area contributed by atoms with E-state index in [9.17, 15) is 13.2 Å². The van der Waals surface area contributed by atoms with Gasteiger partial charge in [-0.05, 0) is 60.0 Å². The highest BCUT2D eigenvalue weighted by Gasteiger charge is 2.39. The summed E-state index contributed by atoms with van der Waals surface area (Å²) in [5, 5.41) is 13.7. The molecular formula is C25H26N4O5S2. The van der Waals surface area contributed by atoms with Crippen molar-refractivity contribution in [3.63, 3.8) is 0 Å². The summed E-state index contributed by atoms with van der Waals surface area (Å²) in [5.41, 5.74) is 1.74. The number of para-hydroxylation sites is 1. The average molecular weight is 527 g/mol. The first-order valence-electron chi connectivity index (χ1n) is 11.3. The van der Waals surface area contributed by atoms with E-state index in [0.717, 1.165) is 28.1 Å². The Morgan fingerprint density at radius 2 is 1.78 bits per heavy atom. The number of amides is 1. The maximum absolute atomic E-state index is 12.6. The standard InChI is InChI=1S/C25H26N4O5S2/c1-16(2)15-36(31,32)25-28-29-22(26)20(23(30)27-24(29)35-25)14-18-8-10-19(11-9-18)33-12-13-34-21-7-5-4-6-17(21)3/h4-11,14,16,26H,12-13,15H2,1-3H3/b20-14+,26-22?. The summed E-state index contributed by atoms with van der Waals surface area (Å²) in [4.78, 5) is 16.5. The second kappa shape index (κ2) is 10.7. The number of thioether (sulfide) groups is 1. The molecule has 2 aromatic carbocycles. The van der Waals surface area contributed by atoms with Crippen LogP contribution in [-0.2, 0) is 14.6 Å². The van der Waals surface area contributed by atoms with Gasteiger partial charge in [-0.3, -0.25) is 10.2 Å². The number of benzene rings is 2. The lowest BCUT2D eigenvalue weighted by Gasteiger charge is -2.20. The molecule has 4 rings (SSSR count). The van der Waals surface area contributed by atoms with Gasteiger partial charge in [0.15, 0.2) is 5.84 Å². The minimum Gasteiger partial charge on any atom is -0.490 e. The number of aryl methyl sites for hydroxylation is 1. The molecule has 1 N–H and O–H groups in total. The Hall–Kier alpha value is -3.44. The van der Waals surface area contributed by atoms with Gasteiger partial charge in [-0.2, -0.15) is 10.0 Å². The van der Waals surface area contributed by atoms with Crippen molar-refractivity contribution in [2.75, 3.05) is 19.0 Å². The van der Waals surface area contributed by atoms with Crippen molar-refractivity contribution in [1.29, 1.82) is 5.41 Å². The fourth-order valence-electron chi connectivity index (χ4n) is 3.47. The lowest BCUT2D eigenvalue weighted by atomic mass is 10.1. The normalized spacial score (nSPS) is 16.8. The highest BCUT2D eigenvalue weighted by atomic mass is 32.3. The number of fused-ring (bicyclic) bond motifs is 1. The first kappa shape index (κ1) is 25.6. The summed E-state index contributed by atoms with van der Waals surface area (Å²) in [6.45, 7) is 6.33. The number of nitrogens with zero attached hydrogens (tertiary/aromatic N) is 3. The molecule has 36 heavy (non-hydrogen) atoms. The molecule has 0 saturated heterocycles. The molecule has 2 aliphatic rings. The van der Waals surface area contributed by atoms with Crippen molar-refractivity contribution in [2.24, 2.45) is 16.0 Å². The quantitative estimate of drug-likeness (QED) is 0.406. The van der Waals surface area contributed by atoms with Crippen LogP contribution < -0.4 is 9.47 Å². The van der Waals surface area contributed by atoms with Gasteiger partial charge in [0, 0.05) is 0 Å². The van der Waals surface area contributed by atoms with Crippen LogP contribution in [0, 0.1) is 18.3 Å². The molecule has 0 unspecified atom stereocenters.